The molecule has 0 amide bonds. The molecule has 16 heavy (non-hydrogen) atoms. The highest BCUT2D eigenvalue weighted by molar-refractivity contribution is 4.86. The monoisotopic (exact) mass is 226 g/mol. The third-order valence-electron chi connectivity index (χ3n) is 4.03. The summed E-state index contributed by atoms with van der Waals surface area (Å²) < 4.78 is 0. The van der Waals surface area contributed by atoms with Gasteiger partial charge in [-0.3, -0.25) is 4.90 Å². The van der Waals surface area contributed by atoms with Gasteiger partial charge in [-0.2, -0.15) is 0 Å². The third kappa shape index (κ3) is 3.74. The first kappa shape index (κ1) is 14.0. The quantitative estimate of drug-likeness (QED) is 0.793. The summed E-state index contributed by atoms with van der Waals surface area (Å²) >= 11 is 0. The minimum atomic E-state index is 0.352. The van der Waals surface area contributed by atoms with E-state index in [2.05, 4.69) is 45.0 Å². The molecule has 2 atom stereocenters. The van der Waals surface area contributed by atoms with Gasteiger partial charge in [0.15, 0.2) is 0 Å². The molecule has 1 heterocycles. The van der Waals surface area contributed by atoms with Crippen LogP contribution in [-0.2, 0) is 0 Å². The molecule has 0 radical (unpaired) electrons. The van der Waals surface area contributed by atoms with Gasteiger partial charge in [-0.15, -0.1) is 0 Å². The Balaban J connectivity index is 2.55. The van der Waals surface area contributed by atoms with Gasteiger partial charge in [0.25, 0.3) is 0 Å². The van der Waals surface area contributed by atoms with Gasteiger partial charge in [0, 0.05) is 18.6 Å². The maximum atomic E-state index is 3.49. The van der Waals surface area contributed by atoms with Crippen molar-refractivity contribution in [3.8, 4) is 0 Å². The largest absolute Gasteiger partial charge is 0.315 e. The molecule has 0 saturated carbocycles. The Morgan fingerprint density at radius 1 is 1.31 bits per heavy atom. The smallest absolute Gasteiger partial charge is 0.0240 e. The van der Waals surface area contributed by atoms with Gasteiger partial charge >= 0.3 is 0 Å². The summed E-state index contributed by atoms with van der Waals surface area (Å²) in [5.74, 6) is 0. The highest BCUT2D eigenvalue weighted by Crippen LogP contribution is 2.24. The molecule has 1 aliphatic heterocycles. The van der Waals surface area contributed by atoms with Crippen molar-refractivity contribution < 1.29 is 0 Å². The zero-order valence-corrected chi connectivity index (χ0v) is 11.8. The number of nitrogens with one attached hydrogen (secondary N) is 1. The second-order valence-corrected chi connectivity index (χ2v) is 6.26. The molecular formula is C14H30N2. The van der Waals surface area contributed by atoms with Crippen molar-refractivity contribution in [2.45, 2.75) is 65.5 Å². The van der Waals surface area contributed by atoms with Crippen molar-refractivity contribution in [3.63, 3.8) is 0 Å². The lowest BCUT2D eigenvalue weighted by molar-refractivity contribution is 0.104. The van der Waals surface area contributed by atoms with Crippen LogP contribution in [0.15, 0.2) is 0 Å². The van der Waals surface area contributed by atoms with Crippen molar-refractivity contribution in [2.24, 2.45) is 5.41 Å². The van der Waals surface area contributed by atoms with Crippen molar-refractivity contribution >= 4 is 0 Å². The van der Waals surface area contributed by atoms with Gasteiger partial charge in [-0.25, -0.2) is 0 Å². The van der Waals surface area contributed by atoms with E-state index >= 15 is 0 Å². The second-order valence-electron chi connectivity index (χ2n) is 6.26. The molecule has 2 heteroatoms. The van der Waals surface area contributed by atoms with Gasteiger partial charge < -0.3 is 5.32 Å². The second kappa shape index (κ2) is 6.02. The lowest BCUT2D eigenvalue weighted by Crippen LogP contribution is -2.51. The maximum absolute atomic E-state index is 3.49. The lowest BCUT2D eigenvalue weighted by atomic mass is 9.85. The lowest BCUT2D eigenvalue weighted by Gasteiger charge is -2.41. The summed E-state index contributed by atoms with van der Waals surface area (Å²) in [6.45, 7) is 11.8. The molecule has 1 fully saturated rings. The van der Waals surface area contributed by atoms with E-state index < -0.39 is 0 Å². The van der Waals surface area contributed by atoms with Crippen molar-refractivity contribution in [1.82, 2.24) is 10.2 Å². The molecule has 2 nitrogen and oxygen atoms in total. The summed E-state index contributed by atoms with van der Waals surface area (Å²) in [6.07, 6.45) is 5.52. The maximum Gasteiger partial charge on any atom is 0.0240 e. The van der Waals surface area contributed by atoms with Crippen LogP contribution in [0.5, 0.6) is 0 Å². The normalized spacial score (nSPS) is 25.7. The van der Waals surface area contributed by atoms with Crippen LogP contribution in [0, 0.1) is 5.41 Å². The molecule has 0 bridgehead atoms. The van der Waals surface area contributed by atoms with Crippen LogP contribution in [-0.4, -0.2) is 37.1 Å². The number of rotatable bonds is 4. The van der Waals surface area contributed by atoms with Crippen molar-refractivity contribution in [2.75, 3.05) is 20.1 Å². The molecule has 0 aromatic carbocycles. The number of hydrogen-bond acceptors (Lipinski definition) is 2. The fourth-order valence-corrected chi connectivity index (χ4v) is 2.80. The first-order chi connectivity index (χ1) is 7.49. The Morgan fingerprint density at radius 2 is 2.00 bits per heavy atom. The fourth-order valence-electron chi connectivity index (χ4n) is 2.80. The Labute approximate surface area is 102 Å². The highest BCUT2D eigenvalue weighted by atomic mass is 15.2. The van der Waals surface area contributed by atoms with Crippen LogP contribution >= 0.6 is 0 Å². The molecule has 0 aromatic rings. The van der Waals surface area contributed by atoms with Crippen LogP contribution in [0.2, 0.25) is 0 Å². The SMILES string of the molecule is CCC1CCCCN1CC(NC)C(C)(C)C. The zero-order chi connectivity index (χ0) is 12.2. The Kier molecular flexibility index (Phi) is 5.26. The van der Waals surface area contributed by atoms with Gasteiger partial charge in [0.2, 0.25) is 0 Å². The summed E-state index contributed by atoms with van der Waals surface area (Å²) in [5, 5.41) is 3.49. The molecule has 0 aliphatic carbocycles. The van der Waals surface area contributed by atoms with Crippen molar-refractivity contribution in [3.05, 3.63) is 0 Å². The van der Waals surface area contributed by atoms with Crippen LogP contribution in [0.4, 0.5) is 0 Å². The Hall–Kier alpha value is -0.0800. The molecule has 96 valence electrons. The van der Waals surface area contributed by atoms with E-state index in [-0.39, 0.29) is 0 Å². The van der Waals surface area contributed by atoms with Crippen molar-refractivity contribution in [1.29, 1.82) is 0 Å². The van der Waals surface area contributed by atoms with Gasteiger partial charge in [-0.1, -0.05) is 34.1 Å². The Morgan fingerprint density at radius 3 is 2.50 bits per heavy atom. The van der Waals surface area contributed by atoms with E-state index in [1.165, 1.54) is 38.8 Å². The number of nitrogens with zero attached hydrogens (tertiary/aromatic N) is 1. The predicted molar refractivity (Wildman–Crippen MR) is 71.8 cm³/mol. The summed E-state index contributed by atoms with van der Waals surface area (Å²) in [7, 11) is 2.10. The molecular weight excluding hydrogens is 196 g/mol. The topological polar surface area (TPSA) is 15.3 Å². The molecule has 1 rings (SSSR count). The van der Waals surface area contributed by atoms with Crippen LogP contribution in [0.3, 0.4) is 0 Å². The highest BCUT2D eigenvalue weighted by Gasteiger charge is 2.28. The zero-order valence-electron chi connectivity index (χ0n) is 11.8. The number of likely N-dealkylation sites (tertiary alicyclic amines) is 1. The molecule has 2 unspecified atom stereocenters. The predicted octanol–water partition coefficient (Wildman–Crippen LogP) is 2.89. The molecule has 1 saturated heterocycles. The molecule has 1 aliphatic rings. The standard InChI is InChI=1S/C14H30N2/c1-6-12-9-7-8-10-16(12)11-13(15-5)14(2,3)4/h12-13,15H,6-11H2,1-5H3. The van der Waals surface area contributed by atoms with Gasteiger partial charge in [0.05, 0.1) is 0 Å². The van der Waals surface area contributed by atoms with E-state index in [9.17, 15) is 0 Å². The first-order valence-corrected chi connectivity index (χ1v) is 6.90. The summed E-state index contributed by atoms with van der Waals surface area (Å²) in [5.41, 5.74) is 0.352. The van der Waals surface area contributed by atoms with Crippen LogP contribution in [0.1, 0.15) is 53.4 Å². The number of likely N-dealkylation sites (N-methyl/N-ethyl adjacent to an activating group) is 1. The van der Waals surface area contributed by atoms with Gasteiger partial charge in [0.1, 0.15) is 0 Å². The number of piperidine rings is 1. The average molecular weight is 226 g/mol. The summed E-state index contributed by atoms with van der Waals surface area (Å²) in [4.78, 5) is 2.70. The molecule has 1 N–H and O–H groups in total. The van der Waals surface area contributed by atoms with E-state index in [1.807, 2.05) is 0 Å². The third-order valence-corrected chi connectivity index (χ3v) is 4.03. The Bertz CT molecular complexity index is 195. The minimum absolute atomic E-state index is 0.352. The first-order valence-electron chi connectivity index (χ1n) is 6.90. The van der Waals surface area contributed by atoms with Crippen LogP contribution in [0.25, 0.3) is 0 Å². The molecule has 0 aromatic heterocycles. The van der Waals surface area contributed by atoms with E-state index in [0.717, 1.165) is 6.04 Å². The summed E-state index contributed by atoms with van der Waals surface area (Å²) in [6, 6.07) is 1.42. The van der Waals surface area contributed by atoms with Crippen LogP contribution < -0.4 is 5.32 Å². The minimum Gasteiger partial charge on any atom is -0.315 e. The average Bonchev–Trinajstić information content (AvgIpc) is 2.24. The van der Waals surface area contributed by atoms with E-state index in [0.29, 0.717) is 11.5 Å². The van der Waals surface area contributed by atoms with E-state index in [1.54, 1.807) is 0 Å². The number of hydrogen-bond donors (Lipinski definition) is 1. The fraction of sp³-hybridized carbons (Fsp3) is 1.00. The molecule has 0 spiro atoms. The van der Waals surface area contributed by atoms with E-state index in [4.69, 9.17) is 0 Å². The van der Waals surface area contributed by atoms with Gasteiger partial charge in [-0.05, 0) is 38.3 Å².